The van der Waals surface area contributed by atoms with Gasteiger partial charge in [0.05, 0.1) is 0 Å². The van der Waals surface area contributed by atoms with Gasteiger partial charge in [-0.1, -0.05) is 42.1 Å². The van der Waals surface area contributed by atoms with Crippen LogP contribution in [0.5, 0.6) is 0 Å². The number of carboxylic acid groups (broad SMARTS) is 2. The number of benzene rings is 1. The number of H-pyrrole nitrogens is 1. The Morgan fingerprint density at radius 2 is 2.00 bits per heavy atom. The van der Waals surface area contributed by atoms with E-state index in [-0.39, 0.29) is 28.9 Å². The summed E-state index contributed by atoms with van der Waals surface area (Å²) in [6.45, 7) is 0. The Kier molecular flexibility index (Phi) is 6.90. The van der Waals surface area contributed by atoms with Gasteiger partial charge in [-0.2, -0.15) is 0 Å². The Morgan fingerprint density at radius 1 is 1.26 bits per heavy atom. The summed E-state index contributed by atoms with van der Waals surface area (Å²) in [4.78, 5) is 53.1. The van der Waals surface area contributed by atoms with Crippen LogP contribution in [0.15, 0.2) is 46.8 Å². The second-order valence-electron chi connectivity index (χ2n) is 7.39. The third kappa shape index (κ3) is 4.78. The zero-order valence-electron chi connectivity index (χ0n) is 17.4. The molecule has 0 radical (unpaired) electrons. The third-order valence-electron chi connectivity index (χ3n) is 5.12. The molecule has 12 nitrogen and oxygen atoms in total. The number of hydrogen-bond acceptors (Lipinski definition) is 9. The van der Waals surface area contributed by atoms with Gasteiger partial charge in [-0.3, -0.25) is 24.4 Å². The number of carbonyl (C=O) groups is 4. The molecule has 0 saturated carbocycles. The molecule has 0 aliphatic carbocycles. The molecule has 34 heavy (non-hydrogen) atoms. The molecule has 2 aliphatic rings. The number of β-lactam (4-membered cyclic amide) rings is 1. The van der Waals surface area contributed by atoms with Crippen molar-refractivity contribution in [3.63, 3.8) is 0 Å². The van der Waals surface area contributed by atoms with E-state index in [0.29, 0.717) is 16.9 Å². The molecule has 4 rings (SSSR count). The first kappa shape index (κ1) is 23.8. The van der Waals surface area contributed by atoms with Crippen LogP contribution < -0.4 is 5.32 Å². The van der Waals surface area contributed by atoms with Crippen LogP contribution in [-0.2, 0) is 25.6 Å². The standard InChI is InChI=1S/C20H19N5O7S2/c26-12(27)6-11-21-20(24-23-11)34-8-10-7-33-18-13(17(30)25(18)14(10)19(31)32)22-16(29)15(28)9-4-2-1-3-5-9/h1-5,13,15,18,28H,6-8H2,(H,22,29)(H,26,27)(H,31,32)(H,21,23,24)/t13?,15?,18-/m0/s1. The van der Waals surface area contributed by atoms with Gasteiger partial charge >= 0.3 is 11.9 Å². The maximum Gasteiger partial charge on any atom is 0.352 e. The minimum absolute atomic E-state index is 0.156. The molecule has 2 amide bonds. The molecule has 3 heterocycles. The monoisotopic (exact) mass is 505 g/mol. The Labute approximate surface area is 200 Å². The number of nitrogens with one attached hydrogen (secondary N) is 2. The normalized spacial score (nSPS) is 20.4. The van der Waals surface area contributed by atoms with E-state index in [1.165, 1.54) is 11.8 Å². The van der Waals surface area contributed by atoms with Gasteiger partial charge in [0.2, 0.25) is 5.16 Å². The summed E-state index contributed by atoms with van der Waals surface area (Å²) >= 11 is 2.42. The number of carbonyl (C=O) groups excluding carboxylic acids is 2. The number of aromatic amines is 1. The van der Waals surface area contributed by atoms with E-state index in [4.69, 9.17) is 5.11 Å². The van der Waals surface area contributed by atoms with E-state index >= 15 is 0 Å². The second-order valence-corrected chi connectivity index (χ2v) is 9.44. The van der Waals surface area contributed by atoms with Crippen molar-refractivity contribution in [1.82, 2.24) is 25.4 Å². The lowest BCUT2D eigenvalue weighted by molar-refractivity contribution is -0.151. The van der Waals surface area contributed by atoms with Gasteiger partial charge in [-0.25, -0.2) is 9.78 Å². The average Bonchev–Trinajstić information content (AvgIpc) is 3.26. The lowest BCUT2D eigenvalue weighted by Crippen LogP contribution is -2.70. The number of nitrogens with zero attached hydrogens (tertiary/aromatic N) is 3. The van der Waals surface area contributed by atoms with Crippen LogP contribution in [0.2, 0.25) is 0 Å². The average molecular weight is 506 g/mol. The number of rotatable bonds is 9. The fourth-order valence-corrected chi connectivity index (χ4v) is 5.83. The van der Waals surface area contributed by atoms with Crippen molar-refractivity contribution in [2.75, 3.05) is 11.5 Å². The van der Waals surface area contributed by atoms with Crippen molar-refractivity contribution in [1.29, 1.82) is 0 Å². The number of aliphatic hydroxyl groups is 1. The van der Waals surface area contributed by atoms with Gasteiger partial charge in [0.25, 0.3) is 11.8 Å². The Balaban J connectivity index is 1.43. The molecular formula is C20H19N5O7S2. The summed E-state index contributed by atoms with van der Waals surface area (Å²) in [6, 6.07) is 7.31. The van der Waals surface area contributed by atoms with Crippen molar-refractivity contribution < 1.29 is 34.5 Å². The molecule has 1 aromatic heterocycles. The van der Waals surface area contributed by atoms with E-state index in [9.17, 15) is 29.4 Å². The lowest BCUT2D eigenvalue weighted by Gasteiger charge is -2.49. The number of amides is 2. The van der Waals surface area contributed by atoms with E-state index in [2.05, 4.69) is 20.5 Å². The summed E-state index contributed by atoms with van der Waals surface area (Å²) in [6.07, 6.45) is -1.77. The summed E-state index contributed by atoms with van der Waals surface area (Å²) in [5.41, 5.74) is 0.700. The zero-order valence-corrected chi connectivity index (χ0v) is 19.0. The van der Waals surface area contributed by atoms with Crippen LogP contribution in [0, 0.1) is 0 Å². The first-order chi connectivity index (χ1) is 16.3. The minimum atomic E-state index is -1.45. The quantitative estimate of drug-likeness (QED) is 0.228. The van der Waals surface area contributed by atoms with Gasteiger partial charge in [0.1, 0.15) is 29.4 Å². The van der Waals surface area contributed by atoms with Crippen LogP contribution >= 0.6 is 23.5 Å². The van der Waals surface area contributed by atoms with Crippen molar-refractivity contribution in [3.05, 3.63) is 53.0 Å². The van der Waals surface area contributed by atoms with Gasteiger partial charge in [0, 0.05) is 11.5 Å². The van der Waals surface area contributed by atoms with Crippen molar-refractivity contribution in [2.45, 2.75) is 29.1 Å². The third-order valence-corrected chi connectivity index (χ3v) is 7.39. The topological polar surface area (TPSA) is 186 Å². The van der Waals surface area contributed by atoms with Crippen LogP contribution in [0.3, 0.4) is 0 Å². The Hall–Kier alpha value is -3.36. The Bertz CT molecular complexity index is 1170. The first-order valence-electron chi connectivity index (χ1n) is 9.95. The molecule has 0 spiro atoms. The number of aromatic nitrogens is 3. The summed E-state index contributed by atoms with van der Waals surface area (Å²) < 4.78 is 0. The summed E-state index contributed by atoms with van der Waals surface area (Å²) in [5, 5.41) is 37.4. The largest absolute Gasteiger partial charge is 0.481 e. The molecule has 178 valence electrons. The molecule has 2 aliphatic heterocycles. The number of aliphatic hydroxyl groups excluding tert-OH is 1. The van der Waals surface area contributed by atoms with E-state index in [0.717, 1.165) is 16.7 Å². The number of aliphatic carboxylic acids is 2. The molecule has 2 unspecified atom stereocenters. The highest BCUT2D eigenvalue weighted by Crippen LogP contribution is 2.41. The molecule has 1 fully saturated rings. The van der Waals surface area contributed by atoms with Gasteiger partial charge in [-0.15, -0.1) is 16.9 Å². The van der Waals surface area contributed by atoms with Gasteiger partial charge in [-0.05, 0) is 11.1 Å². The van der Waals surface area contributed by atoms with Crippen LogP contribution in [0.1, 0.15) is 17.5 Å². The summed E-state index contributed by atoms with van der Waals surface area (Å²) in [7, 11) is 0. The second kappa shape index (κ2) is 9.87. The van der Waals surface area contributed by atoms with E-state index in [1.807, 2.05) is 0 Å². The molecule has 5 N–H and O–H groups in total. The molecule has 0 bridgehead atoms. The van der Waals surface area contributed by atoms with Gasteiger partial charge in [0.15, 0.2) is 6.10 Å². The van der Waals surface area contributed by atoms with Crippen LogP contribution in [0.25, 0.3) is 0 Å². The lowest BCUT2D eigenvalue weighted by atomic mass is 10.0. The van der Waals surface area contributed by atoms with Crippen LogP contribution in [0.4, 0.5) is 0 Å². The number of carboxylic acids is 2. The zero-order chi connectivity index (χ0) is 24.4. The number of fused-ring (bicyclic) bond motifs is 1. The summed E-state index contributed by atoms with van der Waals surface area (Å²) in [5.74, 6) is -3.00. The van der Waals surface area contributed by atoms with Crippen LogP contribution in [-0.4, -0.2) is 82.1 Å². The Morgan fingerprint density at radius 3 is 2.68 bits per heavy atom. The molecule has 1 aromatic carbocycles. The minimum Gasteiger partial charge on any atom is -0.481 e. The van der Waals surface area contributed by atoms with Crippen molar-refractivity contribution >= 4 is 47.3 Å². The highest BCUT2D eigenvalue weighted by Gasteiger charge is 2.54. The van der Waals surface area contributed by atoms with E-state index in [1.54, 1.807) is 30.3 Å². The highest BCUT2D eigenvalue weighted by molar-refractivity contribution is 8.01. The predicted molar refractivity (Wildman–Crippen MR) is 120 cm³/mol. The predicted octanol–water partition coefficient (Wildman–Crippen LogP) is -0.00390. The fourth-order valence-electron chi connectivity index (χ4n) is 3.53. The fraction of sp³-hybridized carbons (Fsp3) is 0.300. The van der Waals surface area contributed by atoms with Gasteiger partial charge < -0.3 is 20.6 Å². The maximum atomic E-state index is 12.8. The SMILES string of the molecule is O=C(O)Cc1nc(SCC2=C(C(=O)O)N3C(=O)C(NC(=O)C(O)c4ccccc4)[C@@H]3SC2)n[nH]1. The molecule has 14 heteroatoms. The number of hydrogen-bond donors (Lipinski definition) is 5. The molecule has 2 aromatic rings. The van der Waals surface area contributed by atoms with E-state index < -0.39 is 41.3 Å². The smallest absolute Gasteiger partial charge is 0.352 e. The van der Waals surface area contributed by atoms with Crippen molar-refractivity contribution in [2.24, 2.45) is 0 Å². The molecule has 3 atom stereocenters. The highest BCUT2D eigenvalue weighted by atomic mass is 32.2. The number of thioether (sulfide) groups is 2. The maximum absolute atomic E-state index is 12.8. The molecule has 1 saturated heterocycles. The first-order valence-corrected chi connectivity index (χ1v) is 12.0. The van der Waals surface area contributed by atoms with Crippen molar-refractivity contribution in [3.8, 4) is 0 Å². The molecular weight excluding hydrogens is 486 g/mol.